The van der Waals surface area contributed by atoms with E-state index in [1.807, 2.05) is 0 Å². The molecule has 8 nitrogen and oxygen atoms in total. The zero-order valence-corrected chi connectivity index (χ0v) is 16.5. The number of methoxy groups -OCH3 is 1. The third-order valence-corrected chi connectivity index (χ3v) is 4.97. The van der Waals surface area contributed by atoms with E-state index in [1.54, 1.807) is 12.1 Å². The highest BCUT2D eigenvalue weighted by molar-refractivity contribution is 7.90. The molecule has 0 aliphatic rings. The number of benzene rings is 2. The molecule has 0 unspecified atom stereocenters. The number of carbonyl (C=O) groups excluding carboxylic acids is 3. The number of amides is 1. The summed E-state index contributed by atoms with van der Waals surface area (Å²) in [5, 5.41) is 2.42. The van der Waals surface area contributed by atoms with Crippen molar-refractivity contribution in [3.05, 3.63) is 58.6 Å². The van der Waals surface area contributed by atoms with Crippen LogP contribution in [0.2, 0.25) is 5.02 Å². The van der Waals surface area contributed by atoms with Crippen LogP contribution in [0.3, 0.4) is 0 Å². The number of sulfone groups is 1. The summed E-state index contributed by atoms with van der Waals surface area (Å²) < 4.78 is 32.7. The average molecular weight is 426 g/mol. The lowest BCUT2D eigenvalue weighted by Crippen LogP contribution is -2.22. The van der Waals surface area contributed by atoms with E-state index in [-0.39, 0.29) is 26.7 Å². The van der Waals surface area contributed by atoms with Gasteiger partial charge < -0.3 is 14.8 Å². The van der Waals surface area contributed by atoms with Gasteiger partial charge in [0, 0.05) is 6.26 Å². The maximum atomic E-state index is 12.2. The number of hydrogen-bond donors (Lipinski definition) is 1. The summed E-state index contributed by atoms with van der Waals surface area (Å²) in [7, 11) is -2.35. The molecule has 0 aliphatic heterocycles. The number of ether oxygens (including phenoxy) is 2. The Hall–Kier alpha value is -2.91. The van der Waals surface area contributed by atoms with Crippen molar-refractivity contribution in [2.45, 2.75) is 4.90 Å². The van der Waals surface area contributed by atoms with Crippen molar-refractivity contribution in [1.82, 2.24) is 0 Å². The lowest BCUT2D eigenvalue weighted by atomic mass is 10.2. The van der Waals surface area contributed by atoms with Crippen LogP contribution in [-0.2, 0) is 24.1 Å². The molecule has 0 saturated heterocycles. The fourth-order valence-electron chi connectivity index (χ4n) is 2.17. The molecule has 1 amide bonds. The molecule has 2 rings (SSSR count). The average Bonchev–Trinajstić information content (AvgIpc) is 2.65. The zero-order chi connectivity index (χ0) is 20.9. The fourth-order valence-corrected chi connectivity index (χ4v) is 3.01. The largest absolute Gasteiger partial charge is 0.465 e. The summed E-state index contributed by atoms with van der Waals surface area (Å²) in [5.41, 5.74) is 0.133. The number of anilines is 1. The van der Waals surface area contributed by atoms with Crippen LogP contribution in [0, 0.1) is 0 Å². The van der Waals surface area contributed by atoms with E-state index < -0.39 is 34.3 Å². The third kappa shape index (κ3) is 5.30. The van der Waals surface area contributed by atoms with Crippen LogP contribution in [0.15, 0.2) is 47.4 Å². The Morgan fingerprint density at radius 3 is 2.36 bits per heavy atom. The van der Waals surface area contributed by atoms with Crippen molar-refractivity contribution in [1.29, 1.82) is 0 Å². The molecule has 0 radical (unpaired) electrons. The van der Waals surface area contributed by atoms with Gasteiger partial charge in [-0.3, -0.25) is 4.79 Å². The monoisotopic (exact) mass is 425 g/mol. The van der Waals surface area contributed by atoms with Crippen molar-refractivity contribution in [2.24, 2.45) is 0 Å². The molecule has 0 fully saturated rings. The molecule has 0 heterocycles. The lowest BCUT2D eigenvalue weighted by molar-refractivity contribution is -0.119. The standard InChI is InChI=1S/C18H16ClNO7S/c1-26-17(22)12-5-3-4-6-15(12)20-16(21)10-27-18(23)13-9-11(28(2,24)25)7-8-14(13)19/h3-9H,10H2,1-2H3,(H,20,21). The van der Waals surface area contributed by atoms with E-state index in [2.05, 4.69) is 10.1 Å². The summed E-state index contributed by atoms with van der Waals surface area (Å²) in [6, 6.07) is 9.72. The number of para-hydroxylation sites is 1. The summed E-state index contributed by atoms with van der Waals surface area (Å²) in [6.07, 6.45) is 0.984. The summed E-state index contributed by atoms with van der Waals surface area (Å²) in [5.74, 6) is -2.32. The maximum absolute atomic E-state index is 12.2. The number of esters is 2. The number of rotatable bonds is 6. The Kier molecular flexibility index (Phi) is 6.76. The second-order valence-electron chi connectivity index (χ2n) is 5.58. The highest BCUT2D eigenvalue weighted by Gasteiger charge is 2.19. The molecule has 28 heavy (non-hydrogen) atoms. The van der Waals surface area contributed by atoms with Gasteiger partial charge in [0.05, 0.1) is 33.8 Å². The lowest BCUT2D eigenvalue weighted by Gasteiger charge is -2.10. The SMILES string of the molecule is COC(=O)c1ccccc1NC(=O)COC(=O)c1cc(S(C)(=O)=O)ccc1Cl. The van der Waals surface area contributed by atoms with Crippen molar-refractivity contribution in [3.63, 3.8) is 0 Å². The Bertz CT molecular complexity index is 1030. The minimum absolute atomic E-state index is 0.0196. The molecule has 1 N–H and O–H groups in total. The smallest absolute Gasteiger partial charge is 0.340 e. The van der Waals surface area contributed by atoms with Crippen LogP contribution in [0.5, 0.6) is 0 Å². The molecule has 2 aromatic rings. The van der Waals surface area contributed by atoms with Gasteiger partial charge in [0.25, 0.3) is 5.91 Å². The van der Waals surface area contributed by atoms with Gasteiger partial charge in [-0.05, 0) is 30.3 Å². The van der Waals surface area contributed by atoms with E-state index in [1.165, 1.54) is 31.4 Å². The number of hydrogen-bond acceptors (Lipinski definition) is 7. The van der Waals surface area contributed by atoms with E-state index in [4.69, 9.17) is 16.3 Å². The van der Waals surface area contributed by atoms with Crippen LogP contribution in [0.1, 0.15) is 20.7 Å². The van der Waals surface area contributed by atoms with Gasteiger partial charge in [0.15, 0.2) is 16.4 Å². The third-order valence-electron chi connectivity index (χ3n) is 3.53. The number of halogens is 1. The second-order valence-corrected chi connectivity index (χ2v) is 8.00. The van der Waals surface area contributed by atoms with Gasteiger partial charge >= 0.3 is 11.9 Å². The predicted octanol–water partition coefficient (Wildman–Crippen LogP) is 2.33. The molecule has 2 aromatic carbocycles. The summed E-state index contributed by atoms with van der Waals surface area (Å²) >= 11 is 5.91. The van der Waals surface area contributed by atoms with Gasteiger partial charge in [-0.1, -0.05) is 23.7 Å². The minimum atomic E-state index is -3.55. The molecule has 0 atom stereocenters. The summed E-state index contributed by atoms with van der Waals surface area (Å²) in [4.78, 5) is 35.8. The first-order chi connectivity index (χ1) is 13.1. The Balaban J connectivity index is 2.08. The second kappa shape index (κ2) is 8.85. The summed E-state index contributed by atoms with van der Waals surface area (Å²) in [6.45, 7) is -0.673. The topological polar surface area (TPSA) is 116 Å². The van der Waals surface area contributed by atoms with Crippen LogP contribution >= 0.6 is 11.6 Å². The Morgan fingerprint density at radius 1 is 1.04 bits per heavy atom. The first-order valence-electron chi connectivity index (χ1n) is 7.77. The zero-order valence-electron chi connectivity index (χ0n) is 14.9. The van der Waals surface area contributed by atoms with Crippen molar-refractivity contribution in [2.75, 3.05) is 25.3 Å². The van der Waals surface area contributed by atoms with Gasteiger partial charge in [-0.15, -0.1) is 0 Å². The molecule has 10 heteroatoms. The first-order valence-corrected chi connectivity index (χ1v) is 10.0. The van der Waals surface area contributed by atoms with Gasteiger partial charge in [-0.2, -0.15) is 0 Å². The van der Waals surface area contributed by atoms with E-state index in [9.17, 15) is 22.8 Å². The predicted molar refractivity (Wildman–Crippen MR) is 101 cm³/mol. The van der Waals surface area contributed by atoms with Gasteiger partial charge in [0.2, 0.25) is 0 Å². The van der Waals surface area contributed by atoms with E-state index >= 15 is 0 Å². The molecule has 0 spiro atoms. The van der Waals surface area contributed by atoms with E-state index in [0.29, 0.717) is 0 Å². The number of carbonyl (C=O) groups is 3. The van der Waals surface area contributed by atoms with Crippen LogP contribution in [0.4, 0.5) is 5.69 Å². The molecule has 148 valence electrons. The Labute approximate surface area is 166 Å². The minimum Gasteiger partial charge on any atom is -0.465 e. The van der Waals surface area contributed by atoms with Gasteiger partial charge in [-0.25, -0.2) is 18.0 Å². The first kappa shape index (κ1) is 21.4. The molecule has 0 saturated carbocycles. The quantitative estimate of drug-likeness (QED) is 0.706. The fraction of sp³-hybridized carbons (Fsp3) is 0.167. The maximum Gasteiger partial charge on any atom is 0.340 e. The molecular weight excluding hydrogens is 410 g/mol. The molecular formula is C18H16ClNO7S. The molecule has 0 aromatic heterocycles. The Morgan fingerprint density at radius 2 is 1.71 bits per heavy atom. The van der Waals surface area contributed by atoms with Crippen molar-refractivity contribution in [3.8, 4) is 0 Å². The highest BCUT2D eigenvalue weighted by Crippen LogP contribution is 2.21. The van der Waals surface area contributed by atoms with Crippen molar-refractivity contribution >= 4 is 45.0 Å². The van der Waals surface area contributed by atoms with Crippen LogP contribution in [0.25, 0.3) is 0 Å². The highest BCUT2D eigenvalue weighted by atomic mass is 35.5. The van der Waals surface area contributed by atoms with Crippen LogP contribution in [-0.4, -0.2) is 46.2 Å². The van der Waals surface area contributed by atoms with Gasteiger partial charge in [0.1, 0.15) is 0 Å². The molecule has 0 bridgehead atoms. The van der Waals surface area contributed by atoms with Crippen LogP contribution < -0.4 is 5.32 Å². The normalized spacial score (nSPS) is 10.8. The molecule has 0 aliphatic carbocycles. The van der Waals surface area contributed by atoms with E-state index in [0.717, 1.165) is 12.3 Å². The number of nitrogens with one attached hydrogen (secondary N) is 1. The van der Waals surface area contributed by atoms with Crippen molar-refractivity contribution < 1.29 is 32.3 Å².